The minimum Gasteiger partial charge on any atom is -0.490 e. The number of aliphatic hydroxyl groups is 3. The van der Waals surface area contributed by atoms with Crippen LogP contribution in [-0.2, 0) is 16.0 Å². The van der Waals surface area contributed by atoms with E-state index in [0.717, 1.165) is 29.4 Å². The zero-order valence-electron chi connectivity index (χ0n) is 24.7. The van der Waals surface area contributed by atoms with Crippen molar-refractivity contribution in [1.29, 1.82) is 0 Å². The molecule has 0 aromatic heterocycles. The molecule has 3 aromatic carbocycles. The smallest absolute Gasteiger partial charge is 0.306 e. The molecule has 3 aromatic rings. The molecule has 1 unspecified atom stereocenters. The van der Waals surface area contributed by atoms with Gasteiger partial charge in [-0.25, -0.2) is 0 Å². The standard InChI is InChI=1S/C36H44O6/c1-25(2)41-35(40)19-8-4-7-17-31(37)36-30(32(38)24-33(36)39)23-22-28(21-20-26-12-5-3-6-13-26)42-34-18-11-15-27-14-9-10-16-29(27)34/h3,5-6,9-16,18,25,28,30-33,36-39H,4,8,19-24H2,1-2H3/t28-,30-,31?,32+,33-,36-/m0/s1. The van der Waals surface area contributed by atoms with E-state index in [9.17, 15) is 20.1 Å². The molecule has 0 radical (unpaired) electrons. The van der Waals surface area contributed by atoms with E-state index < -0.39 is 24.2 Å². The number of hydrogen-bond acceptors (Lipinski definition) is 6. The molecule has 3 N–H and O–H groups in total. The first-order chi connectivity index (χ1) is 20.3. The van der Waals surface area contributed by atoms with Gasteiger partial charge in [-0.2, -0.15) is 0 Å². The quantitative estimate of drug-likeness (QED) is 0.135. The van der Waals surface area contributed by atoms with Crippen LogP contribution in [0.3, 0.4) is 0 Å². The van der Waals surface area contributed by atoms with Crippen LogP contribution in [0, 0.1) is 23.7 Å². The van der Waals surface area contributed by atoms with Crippen molar-refractivity contribution >= 4 is 16.7 Å². The fourth-order valence-electron chi connectivity index (χ4n) is 5.96. The molecule has 6 nitrogen and oxygen atoms in total. The summed E-state index contributed by atoms with van der Waals surface area (Å²) < 4.78 is 11.8. The topological polar surface area (TPSA) is 96.2 Å². The van der Waals surface area contributed by atoms with E-state index in [1.807, 2.05) is 56.3 Å². The third-order valence-corrected chi connectivity index (χ3v) is 8.04. The van der Waals surface area contributed by atoms with Crippen molar-refractivity contribution in [3.63, 3.8) is 0 Å². The molecule has 4 rings (SSSR count). The maximum atomic E-state index is 11.7. The molecule has 6 atom stereocenters. The number of carbonyl (C=O) groups is 1. The Kier molecular flexibility index (Phi) is 11.8. The molecule has 1 aliphatic rings. The molecule has 0 bridgehead atoms. The Balaban J connectivity index is 1.41. The van der Waals surface area contributed by atoms with Crippen LogP contribution >= 0.6 is 0 Å². The highest BCUT2D eigenvalue weighted by Crippen LogP contribution is 2.39. The molecule has 1 aliphatic carbocycles. The van der Waals surface area contributed by atoms with Gasteiger partial charge in [-0.05, 0) is 75.3 Å². The predicted molar refractivity (Wildman–Crippen MR) is 165 cm³/mol. The van der Waals surface area contributed by atoms with Crippen LogP contribution in [0.2, 0.25) is 0 Å². The van der Waals surface area contributed by atoms with Crippen LogP contribution in [0.1, 0.15) is 64.4 Å². The highest BCUT2D eigenvalue weighted by Gasteiger charge is 2.45. The number of esters is 1. The van der Waals surface area contributed by atoms with Crippen LogP contribution in [-0.4, -0.2) is 51.8 Å². The van der Waals surface area contributed by atoms with Gasteiger partial charge in [0.15, 0.2) is 0 Å². The highest BCUT2D eigenvalue weighted by molar-refractivity contribution is 5.88. The summed E-state index contributed by atoms with van der Waals surface area (Å²) in [5.41, 5.74) is 1.24. The molecule has 1 saturated carbocycles. The largest absolute Gasteiger partial charge is 0.490 e. The summed E-state index contributed by atoms with van der Waals surface area (Å²) in [6, 6.07) is 24.5. The van der Waals surface area contributed by atoms with Gasteiger partial charge in [-0.1, -0.05) is 72.7 Å². The zero-order valence-corrected chi connectivity index (χ0v) is 24.7. The first-order valence-electron chi connectivity index (χ1n) is 15.2. The lowest BCUT2D eigenvalue weighted by Gasteiger charge is -2.28. The van der Waals surface area contributed by atoms with Crippen LogP contribution in [0.15, 0.2) is 72.8 Å². The fraction of sp³-hybridized carbons (Fsp3) is 0.472. The summed E-state index contributed by atoms with van der Waals surface area (Å²) in [6.07, 6.45) is 1.50. The van der Waals surface area contributed by atoms with Gasteiger partial charge in [0, 0.05) is 24.1 Å². The Hall–Kier alpha value is -3.37. The predicted octanol–water partition coefficient (Wildman–Crippen LogP) is 5.84. The molecule has 1 fully saturated rings. The number of aryl methyl sites for hydroxylation is 1. The van der Waals surface area contributed by atoms with Crippen LogP contribution in [0.25, 0.3) is 10.8 Å². The van der Waals surface area contributed by atoms with Gasteiger partial charge >= 0.3 is 5.97 Å². The van der Waals surface area contributed by atoms with Crippen molar-refractivity contribution in [3.8, 4) is 17.6 Å². The average molecular weight is 573 g/mol. The maximum Gasteiger partial charge on any atom is 0.306 e. The van der Waals surface area contributed by atoms with Crippen molar-refractivity contribution in [2.75, 3.05) is 0 Å². The molecule has 6 heteroatoms. The highest BCUT2D eigenvalue weighted by atomic mass is 16.5. The third kappa shape index (κ3) is 9.06. The van der Waals surface area contributed by atoms with Gasteiger partial charge in [0.1, 0.15) is 11.9 Å². The second-order valence-electron chi connectivity index (χ2n) is 11.6. The second-order valence-corrected chi connectivity index (χ2v) is 11.6. The molecule has 0 spiro atoms. The fourth-order valence-corrected chi connectivity index (χ4v) is 5.96. The van der Waals surface area contributed by atoms with Gasteiger partial charge in [0.2, 0.25) is 0 Å². The van der Waals surface area contributed by atoms with E-state index in [2.05, 4.69) is 42.2 Å². The van der Waals surface area contributed by atoms with Crippen LogP contribution in [0.5, 0.6) is 5.75 Å². The molecule has 0 aliphatic heterocycles. The molecule has 42 heavy (non-hydrogen) atoms. The number of ether oxygens (including phenoxy) is 2. The summed E-state index contributed by atoms with van der Waals surface area (Å²) >= 11 is 0. The Morgan fingerprint density at radius 2 is 1.69 bits per heavy atom. The summed E-state index contributed by atoms with van der Waals surface area (Å²) in [7, 11) is 0. The van der Waals surface area contributed by atoms with Crippen LogP contribution in [0.4, 0.5) is 0 Å². The van der Waals surface area contributed by atoms with Crippen LogP contribution < -0.4 is 4.74 Å². The van der Waals surface area contributed by atoms with E-state index >= 15 is 0 Å². The second kappa shape index (κ2) is 15.7. The van der Waals surface area contributed by atoms with Crippen molar-refractivity contribution in [1.82, 2.24) is 0 Å². The number of fused-ring (bicyclic) bond motifs is 1. The molecule has 0 heterocycles. The minimum absolute atomic E-state index is 0.115. The first kappa shape index (κ1) is 31.6. The minimum atomic E-state index is -1.06. The lowest BCUT2D eigenvalue weighted by Crippen LogP contribution is -2.33. The summed E-state index contributed by atoms with van der Waals surface area (Å²) in [4.78, 5) is 11.7. The summed E-state index contributed by atoms with van der Waals surface area (Å²) in [5, 5.41) is 34.7. The zero-order chi connectivity index (χ0) is 29.9. The molecule has 0 amide bonds. The average Bonchev–Trinajstić information content (AvgIpc) is 3.26. The summed E-state index contributed by atoms with van der Waals surface area (Å²) in [5.74, 6) is 5.54. The number of rotatable bonds is 13. The first-order valence-corrected chi connectivity index (χ1v) is 15.2. The Morgan fingerprint density at radius 3 is 2.48 bits per heavy atom. The van der Waals surface area contributed by atoms with Gasteiger partial charge < -0.3 is 24.8 Å². The number of carbonyl (C=O) groups excluding carboxylic acids is 1. The number of aliphatic hydroxyl groups excluding tert-OH is 3. The van der Waals surface area contributed by atoms with E-state index in [0.29, 0.717) is 25.7 Å². The normalized spacial score (nSPS) is 21.5. The lowest BCUT2D eigenvalue weighted by molar-refractivity contribution is -0.147. The molecular weight excluding hydrogens is 528 g/mol. The Bertz CT molecular complexity index is 1320. The lowest BCUT2D eigenvalue weighted by atomic mass is 9.84. The van der Waals surface area contributed by atoms with Crippen molar-refractivity contribution in [2.24, 2.45) is 11.8 Å². The number of unbranched alkanes of at least 4 members (excludes halogenated alkanes) is 1. The molecular formula is C36H44O6. The van der Waals surface area contributed by atoms with Gasteiger partial charge in [-0.15, -0.1) is 5.92 Å². The number of benzene rings is 3. The van der Waals surface area contributed by atoms with E-state index in [1.165, 1.54) is 5.56 Å². The van der Waals surface area contributed by atoms with Gasteiger partial charge in [0.05, 0.1) is 24.4 Å². The SMILES string of the molecule is CC(C)OC(=O)CCCC#CC(O)[C@@H]1[C@@H](CC[C@H](CCc2ccccc2)Oc2cccc3ccccc23)[C@H](O)C[C@@H]1O. The van der Waals surface area contributed by atoms with Crippen molar-refractivity contribution in [3.05, 3.63) is 78.4 Å². The monoisotopic (exact) mass is 572 g/mol. The van der Waals surface area contributed by atoms with Gasteiger partial charge in [0.25, 0.3) is 0 Å². The van der Waals surface area contributed by atoms with E-state index in [4.69, 9.17) is 9.47 Å². The third-order valence-electron chi connectivity index (χ3n) is 8.04. The molecule has 0 saturated heterocycles. The van der Waals surface area contributed by atoms with Gasteiger partial charge in [-0.3, -0.25) is 4.79 Å². The van der Waals surface area contributed by atoms with E-state index in [1.54, 1.807) is 0 Å². The Labute approximate surface area is 249 Å². The molecule has 224 valence electrons. The Morgan fingerprint density at radius 1 is 0.952 bits per heavy atom. The number of hydrogen-bond donors (Lipinski definition) is 3. The maximum absolute atomic E-state index is 11.7. The van der Waals surface area contributed by atoms with Crippen molar-refractivity contribution < 1.29 is 29.6 Å². The van der Waals surface area contributed by atoms with E-state index in [-0.39, 0.29) is 36.9 Å². The summed E-state index contributed by atoms with van der Waals surface area (Å²) in [6.45, 7) is 3.63. The van der Waals surface area contributed by atoms with Crippen molar-refractivity contribution in [2.45, 2.75) is 95.7 Å².